The molecule has 0 saturated carbocycles. The molecule has 34 heavy (non-hydrogen) atoms. The fourth-order valence-corrected chi connectivity index (χ4v) is 6.49. The van der Waals surface area contributed by atoms with Crippen molar-refractivity contribution in [1.82, 2.24) is 20.1 Å². The summed E-state index contributed by atoms with van der Waals surface area (Å²) in [4.78, 5) is 35.3. The molecule has 0 aliphatic carbocycles. The number of hydrogen-bond donors (Lipinski definition) is 2. The largest absolute Gasteiger partial charge is 0.357 e. The zero-order valence-electron chi connectivity index (χ0n) is 20.0. The molecule has 3 amide bonds. The third kappa shape index (κ3) is 4.51. The summed E-state index contributed by atoms with van der Waals surface area (Å²) in [5.74, 6) is 0.472. The maximum atomic E-state index is 13.7. The highest BCUT2D eigenvalue weighted by Gasteiger charge is 2.55. The number of imide groups is 1. The van der Waals surface area contributed by atoms with Gasteiger partial charge in [0.15, 0.2) is 0 Å². The van der Waals surface area contributed by atoms with E-state index >= 15 is 0 Å². The minimum Gasteiger partial charge on any atom is -0.357 e. The number of aromatic amines is 1. The molecule has 4 heterocycles. The summed E-state index contributed by atoms with van der Waals surface area (Å²) in [5, 5.41) is 6.47. The van der Waals surface area contributed by atoms with Crippen LogP contribution in [-0.4, -0.2) is 51.9 Å². The first-order valence-electron chi connectivity index (χ1n) is 12.4. The van der Waals surface area contributed by atoms with E-state index in [1.807, 2.05) is 11.4 Å². The highest BCUT2D eigenvalue weighted by molar-refractivity contribution is 7.09. The van der Waals surface area contributed by atoms with Crippen molar-refractivity contribution in [1.29, 1.82) is 0 Å². The molecular formula is C27H34N4O2S. The molecule has 1 atom stereocenters. The Morgan fingerprint density at radius 2 is 1.91 bits per heavy atom. The van der Waals surface area contributed by atoms with Crippen LogP contribution in [0.2, 0.25) is 0 Å². The summed E-state index contributed by atoms with van der Waals surface area (Å²) >= 11 is 1.67. The average Bonchev–Trinajstić information content (AvgIpc) is 3.52. The number of carbonyl (C=O) groups is 2. The van der Waals surface area contributed by atoms with Gasteiger partial charge in [0.05, 0.1) is 0 Å². The quantitative estimate of drug-likeness (QED) is 0.447. The average molecular weight is 479 g/mol. The molecule has 1 aromatic carbocycles. The first-order valence-corrected chi connectivity index (χ1v) is 13.3. The number of H-pyrrole nitrogens is 1. The van der Waals surface area contributed by atoms with Crippen molar-refractivity contribution in [3.63, 3.8) is 0 Å². The fourth-order valence-electron chi connectivity index (χ4n) is 5.79. The molecule has 7 heteroatoms. The van der Waals surface area contributed by atoms with Crippen LogP contribution in [0.15, 0.2) is 47.8 Å². The first kappa shape index (κ1) is 23.1. The number of carbonyl (C=O) groups excluding carboxylic acids is 2. The molecule has 3 aromatic rings. The Kier molecular flexibility index (Phi) is 6.49. The van der Waals surface area contributed by atoms with Crippen molar-refractivity contribution in [3.05, 3.63) is 58.4 Å². The molecule has 0 unspecified atom stereocenters. The Hall–Kier alpha value is -2.64. The van der Waals surface area contributed by atoms with Gasteiger partial charge in [-0.15, -0.1) is 11.3 Å². The van der Waals surface area contributed by atoms with E-state index in [9.17, 15) is 9.59 Å². The van der Waals surface area contributed by atoms with Crippen LogP contribution in [0.4, 0.5) is 4.79 Å². The fraction of sp³-hybridized carbons (Fsp3) is 0.481. The SMILES string of the molecule is CC(C)C[C@@]1(C2CCN(Cc3cc4ccccc4[nH]3)CC2)NC(=O)N(CCc2cccs2)C1=O. The van der Waals surface area contributed by atoms with Crippen LogP contribution in [0.3, 0.4) is 0 Å². The second-order valence-electron chi connectivity index (χ2n) is 10.2. The number of likely N-dealkylation sites (tertiary alicyclic amines) is 1. The number of benzene rings is 1. The predicted octanol–water partition coefficient (Wildman–Crippen LogP) is 5.02. The molecule has 2 saturated heterocycles. The summed E-state index contributed by atoms with van der Waals surface area (Å²) in [6.45, 7) is 7.47. The van der Waals surface area contributed by atoms with E-state index in [0.29, 0.717) is 18.9 Å². The van der Waals surface area contributed by atoms with E-state index in [1.54, 1.807) is 11.3 Å². The maximum absolute atomic E-state index is 13.7. The number of thiophene rings is 1. The van der Waals surface area contributed by atoms with E-state index in [-0.39, 0.29) is 17.9 Å². The Morgan fingerprint density at radius 1 is 1.12 bits per heavy atom. The number of nitrogens with one attached hydrogen (secondary N) is 2. The second-order valence-corrected chi connectivity index (χ2v) is 11.3. The second kappa shape index (κ2) is 9.55. The van der Waals surface area contributed by atoms with Gasteiger partial charge in [0.1, 0.15) is 5.54 Å². The Balaban J connectivity index is 1.26. The van der Waals surface area contributed by atoms with Crippen LogP contribution in [0.5, 0.6) is 0 Å². The van der Waals surface area contributed by atoms with Gasteiger partial charge in [-0.05, 0) is 79.6 Å². The molecule has 5 rings (SSSR count). The molecule has 180 valence electrons. The number of aromatic nitrogens is 1. The molecule has 0 radical (unpaired) electrons. The number of amides is 3. The molecule has 0 spiro atoms. The number of urea groups is 1. The minimum atomic E-state index is -0.770. The summed E-state index contributed by atoms with van der Waals surface area (Å²) < 4.78 is 0. The van der Waals surface area contributed by atoms with Crippen molar-refractivity contribution in [3.8, 4) is 0 Å². The van der Waals surface area contributed by atoms with Gasteiger partial charge in [-0.1, -0.05) is 38.1 Å². The summed E-state index contributed by atoms with van der Waals surface area (Å²) in [5.41, 5.74) is 1.63. The minimum absolute atomic E-state index is 0.0168. The smallest absolute Gasteiger partial charge is 0.325 e. The number of para-hydroxylation sites is 1. The zero-order valence-corrected chi connectivity index (χ0v) is 20.9. The molecule has 2 N–H and O–H groups in total. The van der Waals surface area contributed by atoms with Gasteiger partial charge in [0.25, 0.3) is 5.91 Å². The summed E-state index contributed by atoms with van der Waals surface area (Å²) in [6, 6.07) is 14.5. The predicted molar refractivity (Wildman–Crippen MR) is 137 cm³/mol. The third-order valence-electron chi connectivity index (χ3n) is 7.36. The maximum Gasteiger partial charge on any atom is 0.325 e. The van der Waals surface area contributed by atoms with E-state index < -0.39 is 5.54 Å². The Bertz CT molecular complexity index is 1110. The van der Waals surface area contributed by atoms with E-state index in [0.717, 1.165) is 38.9 Å². The molecule has 2 aliphatic rings. The molecule has 6 nitrogen and oxygen atoms in total. The van der Waals surface area contributed by atoms with Crippen molar-refractivity contribution < 1.29 is 9.59 Å². The molecule has 0 bridgehead atoms. The molecule has 2 aliphatic heterocycles. The highest BCUT2D eigenvalue weighted by Crippen LogP contribution is 2.38. The van der Waals surface area contributed by atoms with E-state index in [4.69, 9.17) is 0 Å². The normalized spacial score (nSPS) is 22.3. The van der Waals surface area contributed by atoms with E-state index in [1.165, 1.54) is 26.4 Å². The highest BCUT2D eigenvalue weighted by atomic mass is 32.1. The number of nitrogens with zero attached hydrogens (tertiary/aromatic N) is 2. The van der Waals surface area contributed by atoms with Gasteiger partial charge in [-0.25, -0.2) is 4.79 Å². The number of piperidine rings is 1. The van der Waals surface area contributed by atoms with Crippen LogP contribution in [0, 0.1) is 11.8 Å². The van der Waals surface area contributed by atoms with Gasteiger partial charge in [-0.2, -0.15) is 0 Å². The van der Waals surface area contributed by atoms with Gasteiger partial charge < -0.3 is 10.3 Å². The van der Waals surface area contributed by atoms with Crippen LogP contribution in [-0.2, 0) is 17.8 Å². The van der Waals surface area contributed by atoms with Crippen LogP contribution in [0.25, 0.3) is 10.9 Å². The lowest BCUT2D eigenvalue weighted by molar-refractivity contribution is -0.134. The lowest BCUT2D eigenvalue weighted by atomic mass is 9.73. The number of hydrogen-bond acceptors (Lipinski definition) is 4. The lowest BCUT2D eigenvalue weighted by Gasteiger charge is -2.41. The van der Waals surface area contributed by atoms with Crippen LogP contribution in [0.1, 0.15) is 43.7 Å². The third-order valence-corrected chi connectivity index (χ3v) is 8.29. The standard InChI is InChI=1S/C27H34N4O2S/c1-19(2)17-27(25(32)31(26(33)29-27)14-11-23-7-5-15-34-23)21-9-12-30(13-10-21)18-22-16-20-6-3-4-8-24(20)28-22/h3-8,15-16,19,21,28H,9-14,17-18H2,1-2H3,(H,29,33)/t27-/m0/s1. The van der Waals surface area contributed by atoms with E-state index in [2.05, 4.69) is 65.4 Å². The number of fused-ring (bicyclic) bond motifs is 1. The van der Waals surface area contributed by atoms with Crippen molar-refractivity contribution >= 4 is 34.2 Å². The molecule has 2 fully saturated rings. The summed E-state index contributed by atoms with van der Waals surface area (Å²) in [7, 11) is 0. The number of rotatable bonds is 8. The van der Waals surface area contributed by atoms with Crippen molar-refractivity contribution in [2.24, 2.45) is 11.8 Å². The van der Waals surface area contributed by atoms with Crippen LogP contribution >= 0.6 is 11.3 Å². The zero-order chi connectivity index (χ0) is 23.7. The lowest BCUT2D eigenvalue weighted by Crippen LogP contribution is -2.56. The molecular weight excluding hydrogens is 444 g/mol. The van der Waals surface area contributed by atoms with Crippen molar-refractivity contribution in [2.45, 2.75) is 51.6 Å². The van der Waals surface area contributed by atoms with Gasteiger partial charge in [0, 0.05) is 29.2 Å². The van der Waals surface area contributed by atoms with Crippen LogP contribution < -0.4 is 5.32 Å². The van der Waals surface area contributed by atoms with Crippen molar-refractivity contribution in [2.75, 3.05) is 19.6 Å². The monoisotopic (exact) mass is 478 g/mol. The summed E-state index contributed by atoms with van der Waals surface area (Å²) in [6.07, 6.45) is 3.24. The van der Waals surface area contributed by atoms with Gasteiger partial charge in [0.2, 0.25) is 0 Å². The Morgan fingerprint density at radius 3 is 2.62 bits per heavy atom. The van der Waals surface area contributed by atoms with Gasteiger partial charge in [-0.3, -0.25) is 14.6 Å². The topological polar surface area (TPSA) is 68.4 Å². The Labute approximate surface area is 205 Å². The van der Waals surface area contributed by atoms with Gasteiger partial charge >= 0.3 is 6.03 Å². The first-order chi connectivity index (χ1) is 16.4. The molecule has 2 aromatic heterocycles.